The predicted molar refractivity (Wildman–Crippen MR) is 137 cm³/mol. The Morgan fingerprint density at radius 3 is 2.62 bits per heavy atom. The monoisotopic (exact) mass is 506 g/mol. The zero-order chi connectivity index (χ0) is 26.4. The molecule has 8 heteroatoms. The molecular formula is C29H29F3N4O. The van der Waals surface area contributed by atoms with Gasteiger partial charge in [0.15, 0.2) is 0 Å². The third kappa shape index (κ3) is 4.71. The van der Waals surface area contributed by atoms with Crippen LogP contribution >= 0.6 is 0 Å². The molecule has 0 N–H and O–H groups in total. The van der Waals surface area contributed by atoms with Gasteiger partial charge >= 0.3 is 6.18 Å². The molecule has 0 bridgehead atoms. The van der Waals surface area contributed by atoms with Crippen LogP contribution < -0.4 is 9.64 Å². The van der Waals surface area contributed by atoms with Gasteiger partial charge in [-0.2, -0.15) is 18.4 Å². The number of ether oxygens (including phenoxy) is 1. The summed E-state index contributed by atoms with van der Waals surface area (Å²) < 4.78 is 47.2. The lowest BCUT2D eigenvalue weighted by atomic mass is 9.95. The van der Waals surface area contributed by atoms with Crippen molar-refractivity contribution in [2.24, 2.45) is 0 Å². The lowest BCUT2D eigenvalue weighted by molar-refractivity contribution is -0.137. The highest BCUT2D eigenvalue weighted by Gasteiger charge is 2.49. The molecule has 1 unspecified atom stereocenters. The van der Waals surface area contributed by atoms with Crippen molar-refractivity contribution in [1.82, 2.24) is 9.88 Å². The van der Waals surface area contributed by atoms with Crippen LogP contribution in [-0.4, -0.2) is 34.6 Å². The van der Waals surface area contributed by atoms with Gasteiger partial charge in [0.25, 0.3) is 0 Å². The first-order valence-corrected chi connectivity index (χ1v) is 12.5. The van der Waals surface area contributed by atoms with Crippen LogP contribution in [0.1, 0.15) is 51.2 Å². The molecule has 1 aliphatic heterocycles. The molecule has 1 saturated carbocycles. The van der Waals surface area contributed by atoms with E-state index in [1.807, 2.05) is 42.2 Å². The van der Waals surface area contributed by atoms with Crippen molar-refractivity contribution in [1.29, 1.82) is 5.26 Å². The van der Waals surface area contributed by atoms with Crippen molar-refractivity contribution < 1.29 is 17.9 Å². The lowest BCUT2D eigenvalue weighted by Crippen LogP contribution is -2.45. The second-order valence-corrected chi connectivity index (χ2v) is 10.2. The molecule has 2 heterocycles. The van der Waals surface area contributed by atoms with Crippen molar-refractivity contribution in [2.45, 2.75) is 57.8 Å². The second kappa shape index (κ2) is 9.29. The first-order chi connectivity index (χ1) is 17.6. The van der Waals surface area contributed by atoms with Crippen LogP contribution in [0.3, 0.4) is 0 Å². The van der Waals surface area contributed by atoms with E-state index in [4.69, 9.17) is 4.74 Å². The van der Waals surface area contributed by atoms with Crippen LogP contribution in [0, 0.1) is 11.3 Å². The Morgan fingerprint density at radius 1 is 1.14 bits per heavy atom. The second-order valence-electron chi connectivity index (χ2n) is 10.2. The summed E-state index contributed by atoms with van der Waals surface area (Å²) in [6.07, 6.45) is -0.209. The highest BCUT2D eigenvalue weighted by molar-refractivity contribution is 5.79. The number of benzene rings is 2. The molecule has 0 amide bonds. The Kier molecular flexibility index (Phi) is 6.26. The maximum Gasteiger partial charge on any atom is 0.417 e. The molecule has 2 fully saturated rings. The Morgan fingerprint density at radius 2 is 1.92 bits per heavy atom. The van der Waals surface area contributed by atoms with Crippen molar-refractivity contribution in [3.8, 4) is 11.8 Å². The Labute approximate surface area is 214 Å². The summed E-state index contributed by atoms with van der Waals surface area (Å²) in [5, 5.41) is 10.3. The normalized spacial score (nSPS) is 18.9. The zero-order valence-electron chi connectivity index (χ0n) is 21.1. The summed E-state index contributed by atoms with van der Waals surface area (Å²) >= 11 is 0. The molecule has 1 aromatic heterocycles. The van der Waals surface area contributed by atoms with E-state index < -0.39 is 11.7 Å². The molecule has 37 heavy (non-hydrogen) atoms. The van der Waals surface area contributed by atoms with Gasteiger partial charge in [-0.25, -0.2) is 0 Å². The van der Waals surface area contributed by atoms with Gasteiger partial charge in [-0.15, -0.1) is 0 Å². The van der Waals surface area contributed by atoms with Gasteiger partial charge in [-0.1, -0.05) is 6.07 Å². The molecule has 2 aromatic carbocycles. The fraction of sp³-hybridized carbons (Fsp3) is 0.379. The average Bonchev–Trinajstić information content (AvgIpc) is 3.69. The van der Waals surface area contributed by atoms with Gasteiger partial charge in [-0.05, 0) is 82.0 Å². The molecule has 5 rings (SSSR count). The predicted octanol–water partition coefficient (Wildman–Crippen LogP) is 6.89. The molecule has 5 nitrogen and oxygen atoms in total. The molecule has 3 aromatic rings. The highest BCUT2D eigenvalue weighted by atomic mass is 19.4. The molecule has 2 aliphatic rings. The summed E-state index contributed by atoms with van der Waals surface area (Å²) in [5.41, 5.74) is 1.02. The molecule has 1 saturated heterocycles. The smallest absolute Gasteiger partial charge is 0.417 e. The largest absolute Gasteiger partial charge is 0.493 e. The molecule has 192 valence electrons. The summed E-state index contributed by atoms with van der Waals surface area (Å²) in [6.45, 7) is 7.53. The number of allylic oxidation sites excluding steroid dienone is 1. The van der Waals surface area contributed by atoms with E-state index >= 15 is 0 Å². The average molecular weight is 507 g/mol. The van der Waals surface area contributed by atoms with Gasteiger partial charge < -0.3 is 14.5 Å². The fourth-order valence-corrected chi connectivity index (χ4v) is 5.08. The first-order valence-electron chi connectivity index (χ1n) is 12.5. The van der Waals surface area contributed by atoms with Crippen LogP contribution in [0.4, 0.5) is 18.9 Å². The number of aromatic nitrogens is 1. The number of hydrogen-bond acceptors (Lipinski definition) is 5. The van der Waals surface area contributed by atoms with Crippen LogP contribution in [-0.2, 0) is 6.18 Å². The maximum atomic E-state index is 13.7. The molecule has 0 spiro atoms. The van der Waals surface area contributed by atoms with Gasteiger partial charge in [0.05, 0.1) is 40.9 Å². The number of rotatable bonds is 6. The highest BCUT2D eigenvalue weighted by Crippen LogP contribution is 2.48. The number of halogens is 3. The zero-order valence-corrected chi connectivity index (χ0v) is 21.1. The number of hydrogen-bond donors (Lipinski definition) is 0. The lowest BCUT2D eigenvalue weighted by Gasteiger charge is -2.35. The van der Waals surface area contributed by atoms with E-state index in [9.17, 15) is 18.4 Å². The van der Waals surface area contributed by atoms with Crippen LogP contribution in [0.25, 0.3) is 10.9 Å². The topological polar surface area (TPSA) is 52.4 Å². The van der Waals surface area contributed by atoms with Gasteiger partial charge in [0.2, 0.25) is 0 Å². The van der Waals surface area contributed by atoms with E-state index in [0.29, 0.717) is 18.8 Å². The van der Waals surface area contributed by atoms with Crippen LogP contribution in [0.15, 0.2) is 66.1 Å². The minimum atomic E-state index is -4.60. The first kappa shape index (κ1) is 24.9. The summed E-state index contributed by atoms with van der Waals surface area (Å²) in [4.78, 5) is 8.72. The third-order valence-electron chi connectivity index (χ3n) is 7.48. The number of nitrogens with zero attached hydrogens (tertiary/aromatic N) is 4. The van der Waals surface area contributed by atoms with Gasteiger partial charge in [0, 0.05) is 29.9 Å². The Bertz CT molecular complexity index is 1400. The van der Waals surface area contributed by atoms with E-state index in [0.717, 1.165) is 47.8 Å². The number of fused-ring (bicyclic) bond motifs is 1. The minimum Gasteiger partial charge on any atom is -0.493 e. The fourth-order valence-electron chi connectivity index (χ4n) is 5.08. The molecule has 1 aliphatic carbocycles. The third-order valence-corrected chi connectivity index (χ3v) is 7.48. The Hall–Kier alpha value is -3.73. The molecule has 0 radical (unpaired) electrons. The van der Waals surface area contributed by atoms with Gasteiger partial charge in [-0.3, -0.25) is 4.98 Å². The van der Waals surface area contributed by atoms with Crippen molar-refractivity contribution in [3.05, 3.63) is 77.2 Å². The molecular weight excluding hydrogens is 477 g/mol. The number of alkyl halides is 3. The van der Waals surface area contributed by atoms with E-state index in [2.05, 4.69) is 23.7 Å². The van der Waals surface area contributed by atoms with E-state index in [-0.39, 0.29) is 17.1 Å². The van der Waals surface area contributed by atoms with Crippen molar-refractivity contribution in [3.63, 3.8) is 0 Å². The van der Waals surface area contributed by atoms with E-state index in [1.54, 1.807) is 18.3 Å². The Balaban J connectivity index is 1.36. The quantitative estimate of drug-likeness (QED) is 0.341. The maximum absolute atomic E-state index is 13.7. The molecule has 1 atom stereocenters. The number of nitriles is 1. The van der Waals surface area contributed by atoms with Crippen molar-refractivity contribution >= 4 is 16.6 Å². The standard InChI is InChI=1S/C29H29F3N4O/c1-19-28(2,3)35(14-5-15-37-24-12-10-20-6-4-13-34-26(20)17-24)27(21-7-8-21)36(19)23-11-9-22(18-33)25(16-23)29(30,31)32/h4,6,9-13,16-17,19H,5,7-8,14-15H2,1-3H3. The number of pyridine rings is 1. The summed E-state index contributed by atoms with van der Waals surface area (Å²) in [6, 6.07) is 15.4. The summed E-state index contributed by atoms with van der Waals surface area (Å²) in [7, 11) is 0. The number of anilines is 1. The van der Waals surface area contributed by atoms with E-state index in [1.165, 1.54) is 11.6 Å². The van der Waals surface area contributed by atoms with Gasteiger partial charge in [0.1, 0.15) is 11.6 Å². The van der Waals surface area contributed by atoms with Crippen molar-refractivity contribution in [2.75, 3.05) is 18.1 Å². The van der Waals surface area contributed by atoms with Crippen LogP contribution in [0.5, 0.6) is 5.75 Å². The van der Waals surface area contributed by atoms with Crippen LogP contribution in [0.2, 0.25) is 0 Å². The summed E-state index contributed by atoms with van der Waals surface area (Å²) in [5.74, 6) is 1.75. The SMILES string of the molecule is CC1N(c2ccc(C#N)c(C(F)(F)F)c2)C(=C2CC2)N(CCCOc2ccc3cccnc3c2)C1(C)C. The minimum absolute atomic E-state index is 0.0721.